The Kier molecular flexibility index (Phi) is 6.23. The highest BCUT2D eigenvalue weighted by Gasteiger charge is 2.10. The SMILES string of the molecule is CCCCc1ccc(C(C)CC(O)CN)cc1. The molecule has 0 saturated heterocycles. The van der Waals surface area contributed by atoms with Gasteiger partial charge < -0.3 is 10.8 Å². The minimum absolute atomic E-state index is 0.346. The van der Waals surface area contributed by atoms with E-state index in [1.807, 2.05) is 0 Å². The van der Waals surface area contributed by atoms with Gasteiger partial charge in [0.15, 0.2) is 0 Å². The lowest BCUT2D eigenvalue weighted by molar-refractivity contribution is 0.165. The molecule has 1 aromatic rings. The van der Waals surface area contributed by atoms with E-state index in [1.165, 1.54) is 24.0 Å². The molecule has 96 valence electrons. The van der Waals surface area contributed by atoms with Crippen LogP contribution in [0.5, 0.6) is 0 Å². The smallest absolute Gasteiger partial charge is 0.0668 e. The molecular formula is C15H25NO. The molecule has 0 bridgehead atoms. The van der Waals surface area contributed by atoms with Gasteiger partial charge in [0.2, 0.25) is 0 Å². The fourth-order valence-corrected chi connectivity index (χ4v) is 2.03. The van der Waals surface area contributed by atoms with Crippen LogP contribution < -0.4 is 5.73 Å². The Bertz CT molecular complexity index is 307. The van der Waals surface area contributed by atoms with E-state index in [0.717, 1.165) is 12.8 Å². The average Bonchev–Trinajstić information content (AvgIpc) is 2.36. The third kappa shape index (κ3) is 4.88. The summed E-state index contributed by atoms with van der Waals surface area (Å²) < 4.78 is 0. The van der Waals surface area contributed by atoms with Gasteiger partial charge in [-0.15, -0.1) is 0 Å². The normalized spacial score (nSPS) is 14.6. The summed E-state index contributed by atoms with van der Waals surface area (Å²) in [6.45, 7) is 4.70. The first-order valence-electron chi connectivity index (χ1n) is 6.64. The van der Waals surface area contributed by atoms with Crippen molar-refractivity contribution in [1.82, 2.24) is 0 Å². The summed E-state index contributed by atoms with van der Waals surface area (Å²) >= 11 is 0. The largest absolute Gasteiger partial charge is 0.392 e. The quantitative estimate of drug-likeness (QED) is 0.763. The van der Waals surface area contributed by atoms with Crippen molar-refractivity contribution in [3.8, 4) is 0 Å². The van der Waals surface area contributed by atoms with E-state index in [2.05, 4.69) is 38.1 Å². The molecule has 0 aliphatic heterocycles. The van der Waals surface area contributed by atoms with Crippen molar-refractivity contribution in [2.45, 2.75) is 51.6 Å². The summed E-state index contributed by atoms with van der Waals surface area (Å²) in [5.41, 5.74) is 8.12. The molecule has 1 rings (SSSR count). The number of rotatable bonds is 7. The summed E-state index contributed by atoms with van der Waals surface area (Å²) in [6, 6.07) is 8.77. The maximum absolute atomic E-state index is 9.54. The summed E-state index contributed by atoms with van der Waals surface area (Å²) in [5, 5.41) is 9.54. The maximum Gasteiger partial charge on any atom is 0.0668 e. The number of unbranched alkanes of at least 4 members (excludes halogenated alkanes) is 1. The van der Waals surface area contributed by atoms with Gasteiger partial charge in [-0.3, -0.25) is 0 Å². The first kappa shape index (κ1) is 14.2. The van der Waals surface area contributed by atoms with Crippen molar-refractivity contribution in [2.75, 3.05) is 6.54 Å². The predicted molar refractivity (Wildman–Crippen MR) is 73.1 cm³/mol. The van der Waals surface area contributed by atoms with Crippen LogP contribution in [-0.2, 0) is 6.42 Å². The Balaban J connectivity index is 2.54. The third-order valence-electron chi connectivity index (χ3n) is 3.27. The lowest BCUT2D eigenvalue weighted by atomic mass is 9.93. The number of aliphatic hydroxyl groups excluding tert-OH is 1. The van der Waals surface area contributed by atoms with E-state index < -0.39 is 0 Å². The van der Waals surface area contributed by atoms with Gasteiger partial charge in [0.05, 0.1) is 6.10 Å². The Morgan fingerprint density at radius 1 is 1.24 bits per heavy atom. The fourth-order valence-electron chi connectivity index (χ4n) is 2.03. The zero-order valence-electron chi connectivity index (χ0n) is 11.0. The highest BCUT2D eigenvalue weighted by molar-refractivity contribution is 5.25. The molecule has 3 N–H and O–H groups in total. The van der Waals surface area contributed by atoms with Crippen molar-refractivity contribution >= 4 is 0 Å². The molecule has 0 heterocycles. The van der Waals surface area contributed by atoms with E-state index in [4.69, 9.17) is 5.73 Å². The average molecular weight is 235 g/mol. The van der Waals surface area contributed by atoms with Crippen molar-refractivity contribution in [1.29, 1.82) is 0 Å². The van der Waals surface area contributed by atoms with Crippen LogP contribution in [-0.4, -0.2) is 17.8 Å². The van der Waals surface area contributed by atoms with Gasteiger partial charge >= 0.3 is 0 Å². The van der Waals surface area contributed by atoms with Gasteiger partial charge in [-0.2, -0.15) is 0 Å². The first-order valence-corrected chi connectivity index (χ1v) is 6.64. The summed E-state index contributed by atoms with van der Waals surface area (Å²) in [5.74, 6) is 0.369. The Labute approximate surface area is 105 Å². The van der Waals surface area contributed by atoms with Crippen LogP contribution in [0.4, 0.5) is 0 Å². The van der Waals surface area contributed by atoms with Crippen LogP contribution >= 0.6 is 0 Å². The first-order chi connectivity index (χ1) is 8.17. The number of benzene rings is 1. The molecule has 0 spiro atoms. The molecule has 0 amide bonds. The lowest BCUT2D eigenvalue weighted by Crippen LogP contribution is -2.21. The van der Waals surface area contributed by atoms with E-state index in [-0.39, 0.29) is 6.10 Å². The van der Waals surface area contributed by atoms with Crippen LogP contribution in [0.1, 0.15) is 50.2 Å². The second-order valence-corrected chi connectivity index (χ2v) is 4.87. The number of aryl methyl sites for hydroxylation is 1. The molecule has 2 atom stereocenters. The fraction of sp³-hybridized carbons (Fsp3) is 0.600. The van der Waals surface area contributed by atoms with Gasteiger partial charge in [0.25, 0.3) is 0 Å². The van der Waals surface area contributed by atoms with E-state index in [1.54, 1.807) is 0 Å². The summed E-state index contributed by atoms with van der Waals surface area (Å²) in [7, 11) is 0. The molecular weight excluding hydrogens is 210 g/mol. The highest BCUT2D eigenvalue weighted by atomic mass is 16.3. The molecule has 2 nitrogen and oxygen atoms in total. The molecule has 0 fully saturated rings. The van der Waals surface area contributed by atoms with Crippen LogP contribution in [0.25, 0.3) is 0 Å². The molecule has 0 aromatic heterocycles. The molecule has 0 radical (unpaired) electrons. The van der Waals surface area contributed by atoms with E-state index >= 15 is 0 Å². The van der Waals surface area contributed by atoms with E-state index in [9.17, 15) is 5.11 Å². The van der Waals surface area contributed by atoms with Crippen LogP contribution in [0, 0.1) is 0 Å². The third-order valence-corrected chi connectivity index (χ3v) is 3.27. The van der Waals surface area contributed by atoms with Crippen molar-refractivity contribution in [3.63, 3.8) is 0 Å². The minimum Gasteiger partial charge on any atom is -0.392 e. The lowest BCUT2D eigenvalue weighted by Gasteiger charge is -2.15. The maximum atomic E-state index is 9.54. The van der Waals surface area contributed by atoms with Crippen molar-refractivity contribution in [2.24, 2.45) is 5.73 Å². The predicted octanol–water partition coefficient (Wildman–Crippen LogP) is 2.84. The number of hydrogen-bond acceptors (Lipinski definition) is 2. The molecule has 0 aliphatic rings. The second-order valence-electron chi connectivity index (χ2n) is 4.87. The van der Waals surface area contributed by atoms with Gasteiger partial charge in [-0.1, -0.05) is 44.5 Å². The number of hydrogen-bond donors (Lipinski definition) is 2. The monoisotopic (exact) mass is 235 g/mol. The van der Waals surface area contributed by atoms with Gasteiger partial charge in [-0.25, -0.2) is 0 Å². The molecule has 17 heavy (non-hydrogen) atoms. The highest BCUT2D eigenvalue weighted by Crippen LogP contribution is 2.21. The van der Waals surface area contributed by atoms with Crippen LogP contribution in [0.2, 0.25) is 0 Å². The van der Waals surface area contributed by atoms with Gasteiger partial charge in [0, 0.05) is 6.54 Å². The van der Waals surface area contributed by atoms with Crippen molar-refractivity contribution < 1.29 is 5.11 Å². The van der Waals surface area contributed by atoms with E-state index in [0.29, 0.717) is 12.5 Å². The Hall–Kier alpha value is -0.860. The molecule has 0 saturated carbocycles. The molecule has 1 aromatic carbocycles. The zero-order valence-corrected chi connectivity index (χ0v) is 11.0. The van der Waals surface area contributed by atoms with Crippen molar-refractivity contribution in [3.05, 3.63) is 35.4 Å². The molecule has 0 aliphatic carbocycles. The molecule has 2 heteroatoms. The van der Waals surface area contributed by atoms with Crippen LogP contribution in [0.15, 0.2) is 24.3 Å². The topological polar surface area (TPSA) is 46.2 Å². The number of aliphatic hydroxyl groups is 1. The second kappa shape index (κ2) is 7.46. The van der Waals surface area contributed by atoms with Gasteiger partial charge in [-0.05, 0) is 36.3 Å². The Morgan fingerprint density at radius 2 is 1.88 bits per heavy atom. The van der Waals surface area contributed by atoms with Gasteiger partial charge in [0.1, 0.15) is 0 Å². The minimum atomic E-state index is -0.384. The standard InChI is InChI=1S/C15H25NO/c1-3-4-5-13-6-8-14(9-7-13)12(2)10-15(17)11-16/h6-9,12,15,17H,3-5,10-11,16H2,1-2H3. The zero-order chi connectivity index (χ0) is 12.7. The Morgan fingerprint density at radius 3 is 2.41 bits per heavy atom. The summed E-state index contributed by atoms with van der Waals surface area (Å²) in [6.07, 6.45) is 4.01. The summed E-state index contributed by atoms with van der Waals surface area (Å²) in [4.78, 5) is 0. The van der Waals surface area contributed by atoms with Crippen LogP contribution in [0.3, 0.4) is 0 Å². The number of nitrogens with two attached hydrogens (primary N) is 1. The molecule has 2 unspecified atom stereocenters.